The first kappa shape index (κ1) is 14.2. The lowest BCUT2D eigenvalue weighted by atomic mass is 10.1. The van der Waals surface area contributed by atoms with E-state index in [-0.39, 0.29) is 5.91 Å². The Morgan fingerprint density at radius 2 is 1.83 bits per heavy atom. The minimum Gasteiger partial charge on any atom is -0.366 e. The van der Waals surface area contributed by atoms with E-state index in [0.717, 1.165) is 5.56 Å². The van der Waals surface area contributed by atoms with Gasteiger partial charge in [-0.05, 0) is 24.1 Å². The van der Waals surface area contributed by atoms with Crippen molar-refractivity contribution in [2.45, 2.75) is 25.9 Å². The van der Waals surface area contributed by atoms with E-state index in [1.54, 1.807) is 36.2 Å². The number of benzene rings is 1. The van der Waals surface area contributed by atoms with E-state index in [1.165, 1.54) is 0 Å². The Bertz CT molecular complexity index is 428. The first-order valence-corrected chi connectivity index (χ1v) is 5.85. The van der Waals surface area contributed by atoms with Crippen LogP contribution in [-0.4, -0.2) is 29.8 Å². The van der Waals surface area contributed by atoms with Crippen LogP contribution in [-0.2, 0) is 11.3 Å². The molecule has 0 heterocycles. The molecule has 0 saturated heterocycles. The summed E-state index contributed by atoms with van der Waals surface area (Å²) in [6.07, 6.45) is 0.615. The molecule has 18 heavy (non-hydrogen) atoms. The van der Waals surface area contributed by atoms with Crippen LogP contribution in [0.1, 0.15) is 29.3 Å². The Balaban J connectivity index is 2.67. The number of primary amides is 1. The van der Waals surface area contributed by atoms with Gasteiger partial charge in [0.2, 0.25) is 11.8 Å². The molecule has 0 radical (unpaired) electrons. The first-order valence-electron chi connectivity index (χ1n) is 5.85. The maximum atomic E-state index is 11.8. The number of carbonyl (C=O) groups excluding carboxylic acids is 2. The molecule has 1 atom stereocenters. The van der Waals surface area contributed by atoms with Crippen LogP contribution < -0.4 is 11.5 Å². The molecule has 0 spiro atoms. The molecule has 0 aliphatic rings. The molecule has 1 aromatic carbocycles. The lowest BCUT2D eigenvalue weighted by Crippen LogP contribution is -2.40. The largest absolute Gasteiger partial charge is 0.366 e. The molecule has 1 unspecified atom stereocenters. The molecule has 0 aliphatic heterocycles. The fourth-order valence-electron chi connectivity index (χ4n) is 1.58. The molecule has 98 valence electrons. The van der Waals surface area contributed by atoms with Gasteiger partial charge in [-0.15, -0.1) is 0 Å². The van der Waals surface area contributed by atoms with Gasteiger partial charge in [-0.3, -0.25) is 9.59 Å². The fourth-order valence-corrected chi connectivity index (χ4v) is 1.58. The van der Waals surface area contributed by atoms with Crippen LogP contribution in [0.4, 0.5) is 0 Å². The van der Waals surface area contributed by atoms with Crippen LogP contribution in [0.5, 0.6) is 0 Å². The molecule has 2 amide bonds. The van der Waals surface area contributed by atoms with Crippen molar-refractivity contribution in [3.8, 4) is 0 Å². The van der Waals surface area contributed by atoms with E-state index in [9.17, 15) is 9.59 Å². The molecule has 4 N–H and O–H groups in total. The number of amides is 2. The Morgan fingerprint density at radius 1 is 1.28 bits per heavy atom. The van der Waals surface area contributed by atoms with E-state index in [2.05, 4.69) is 0 Å². The van der Waals surface area contributed by atoms with Crippen LogP contribution in [0, 0.1) is 0 Å². The minimum absolute atomic E-state index is 0.0866. The highest BCUT2D eigenvalue weighted by Gasteiger charge is 2.16. The molecule has 0 aromatic heterocycles. The fraction of sp³-hybridized carbons (Fsp3) is 0.385. The summed E-state index contributed by atoms with van der Waals surface area (Å²) in [5.74, 6) is -0.546. The number of nitrogens with two attached hydrogens (primary N) is 2. The summed E-state index contributed by atoms with van der Waals surface area (Å²) in [6.45, 7) is 2.34. The van der Waals surface area contributed by atoms with Crippen LogP contribution in [0.15, 0.2) is 24.3 Å². The average Bonchev–Trinajstić information content (AvgIpc) is 2.37. The lowest BCUT2D eigenvalue weighted by Gasteiger charge is -2.20. The first-order chi connectivity index (χ1) is 8.45. The van der Waals surface area contributed by atoms with Crippen molar-refractivity contribution < 1.29 is 9.59 Å². The van der Waals surface area contributed by atoms with Crippen molar-refractivity contribution in [3.63, 3.8) is 0 Å². The molecular formula is C13H19N3O2. The zero-order chi connectivity index (χ0) is 13.7. The smallest absolute Gasteiger partial charge is 0.248 e. The van der Waals surface area contributed by atoms with Gasteiger partial charge in [-0.25, -0.2) is 0 Å². The second-order valence-corrected chi connectivity index (χ2v) is 4.27. The molecule has 0 aliphatic carbocycles. The molecule has 0 fully saturated rings. The zero-order valence-electron chi connectivity index (χ0n) is 10.7. The molecule has 5 nitrogen and oxygen atoms in total. The third-order valence-corrected chi connectivity index (χ3v) is 2.79. The molecule has 1 rings (SSSR count). The van der Waals surface area contributed by atoms with Crippen molar-refractivity contribution in [2.24, 2.45) is 11.5 Å². The standard InChI is InChI=1S/C13H19N3O2/c1-3-11(14)13(18)16(2)8-9-4-6-10(7-5-9)12(15)17/h4-7,11H,3,8,14H2,1-2H3,(H2,15,17). The van der Waals surface area contributed by atoms with Crippen molar-refractivity contribution in [2.75, 3.05) is 7.05 Å². The number of nitrogens with zero attached hydrogens (tertiary/aromatic N) is 1. The predicted octanol–water partition coefficient (Wildman–Crippen LogP) is 0.481. The third-order valence-electron chi connectivity index (χ3n) is 2.79. The van der Waals surface area contributed by atoms with Crippen molar-refractivity contribution >= 4 is 11.8 Å². The van der Waals surface area contributed by atoms with Gasteiger partial charge in [-0.2, -0.15) is 0 Å². The van der Waals surface area contributed by atoms with Gasteiger partial charge in [0, 0.05) is 19.2 Å². The van der Waals surface area contributed by atoms with Gasteiger partial charge in [0.05, 0.1) is 6.04 Å². The Hall–Kier alpha value is -1.88. The number of hydrogen-bond donors (Lipinski definition) is 2. The van der Waals surface area contributed by atoms with Gasteiger partial charge in [-0.1, -0.05) is 19.1 Å². The van der Waals surface area contributed by atoms with Gasteiger partial charge in [0.1, 0.15) is 0 Å². The minimum atomic E-state index is -0.459. The van der Waals surface area contributed by atoms with E-state index in [0.29, 0.717) is 18.5 Å². The van der Waals surface area contributed by atoms with E-state index >= 15 is 0 Å². The van der Waals surface area contributed by atoms with E-state index < -0.39 is 11.9 Å². The molecule has 0 bridgehead atoms. The average molecular weight is 249 g/mol. The lowest BCUT2D eigenvalue weighted by molar-refractivity contribution is -0.131. The summed E-state index contributed by atoms with van der Waals surface area (Å²) in [7, 11) is 1.71. The summed E-state index contributed by atoms with van der Waals surface area (Å²) in [5.41, 5.74) is 12.2. The van der Waals surface area contributed by atoms with Crippen molar-refractivity contribution in [3.05, 3.63) is 35.4 Å². The topological polar surface area (TPSA) is 89.4 Å². The van der Waals surface area contributed by atoms with Gasteiger partial charge in [0.25, 0.3) is 0 Å². The molecule has 1 aromatic rings. The normalized spacial score (nSPS) is 11.9. The van der Waals surface area contributed by atoms with E-state index in [1.807, 2.05) is 6.92 Å². The number of likely N-dealkylation sites (N-methyl/N-ethyl adjacent to an activating group) is 1. The van der Waals surface area contributed by atoms with Crippen LogP contribution in [0.2, 0.25) is 0 Å². The van der Waals surface area contributed by atoms with Gasteiger partial charge in [0.15, 0.2) is 0 Å². The Kier molecular flexibility index (Phi) is 4.85. The van der Waals surface area contributed by atoms with Crippen LogP contribution >= 0.6 is 0 Å². The molecular weight excluding hydrogens is 230 g/mol. The third kappa shape index (κ3) is 3.56. The highest BCUT2D eigenvalue weighted by atomic mass is 16.2. The maximum absolute atomic E-state index is 11.8. The SMILES string of the molecule is CCC(N)C(=O)N(C)Cc1ccc(C(N)=O)cc1. The number of hydrogen-bond acceptors (Lipinski definition) is 3. The zero-order valence-corrected chi connectivity index (χ0v) is 10.7. The maximum Gasteiger partial charge on any atom is 0.248 e. The second-order valence-electron chi connectivity index (χ2n) is 4.27. The summed E-state index contributed by atoms with van der Waals surface area (Å²) >= 11 is 0. The Labute approximate surface area is 107 Å². The Morgan fingerprint density at radius 3 is 2.28 bits per heavy atom. The summed E-state index contributed by atoms with van der Waals surface area (Å²) in [6, 6.07) is 6.40. The summed E-state index contributed by atoms with van der Waals surface area (Å²) in [5, 5.41) is 0. The highest BCUT2D eigenvalue weighted by Crippen LogP contribution is 2.07. The van der Waals surface area contributed by atoms with Crippen molar-refractivity contribution in [1.29, 1.82) is 0 Å². The van der Waals surface area contributed by atoms with Crippen LogP contribution in [0.25, 0.3) is 0 Å². The summed E-state index contributed by atoms with van der Waals surface area (Å²) < 4.78 is 0. The van der Waals surface area contributed by atoms with Gasteiger partial charge >= 0.3 is 0 Å². The second kappa shape index (κ2) is 6.16. The number of rotatable bonds is 5. The molecule has 5 heteroatoms. The molecule has 0 saturated carbocycles. The summed E-state index contributed by atoms with van der Waals surface area (Å²) in [4.78, 5) is 24.3. The monoisotopic (exact) mass is 249 g/mol. The van der Waals surface area contributed by atoms with Crippen LogP contribution in [0.3, 0.4) is 0 Å². The quantitative estimate of drug-likeness (QED) is 0.795. The van der Waals surface area contributed by atoms with Crippen molar-refractivity contribution in [1.82, 2.24) is 4.90 Å². The van der Waals surface area contributed by atoms with Gasteiger partial charge < -0.3 is 16.4 Å². The number of carbonyl (C=O) groups is 2. The highest BCUT2D eigenvalue weighted by molar-refractivity contribution is 5.92. The van der Waals surface area contributed by atoms with E-state index in [4.69, 9.17) is 11.5 Å². The predicted molar refractivity (Wildman–Crippen MR) is 69.7 cm³/mol.